The van der Waals surface area contributed by atoms with Gasteiger partial charge in [-0.1, -0.05) is 41.6 Å². The van der Waals surface area contributed by atoms with Crippen LogP contribution in [0.15, 0.2) is 59.1 Å². The van der Waals surface area contributed by atoms with E-state index in [-0.39, 0.29) is 23.5 Å². The first-order valence-corrected chi connectivity index (χ1v) is 8.32. The molecule has 25 heavy (non-hydrogen) atoms. The highest BCUT2D eigenvalue weighted by atomic mass is 19.1. The van der Waals surface area contributed by atoms with E-state index < -0.39 is 0 Å². The van der Waals surface area contributed by atoms with Crippen molar-refractivity contribution in [3.05, 3.63) is 77.3 Å². The lowest BCUT2D eigenvalue weighted by molar-refractivity contribution is 0.0895. The molecule has 5 heteroatoms. The smallest absolute Gasteiger partial charge is 0.290 e. The summed E-state index contributed by atoms with van der Waals surface area (Å²) in [4.78, 5) is 12.5. The summed E-state index contributed by atoms with van der Waals surface area (Å²) in [5, 5.41) is 6.90. The number of benzene rings is 2. The second-order valence-electron chi connectivity index (χ2n) is 6.20. The molecule has 0 bridgehead atoms. The minimum Gasteiger partial charge on any atom is -0.350 e. The van der Waals surface area contributed by atoms with Crippen LogP contribution in [0.1, 0.15) is 40.6 Å². The SMILES string of the molecule is O=C(NC1CCCc2ccccc21)c1cc(-c2cccc(F)c2)no1. The highest BCUT2D eigenvalue weighted by Gasteiger charge is 2.23. The lowest BCUT2D eigenvalue weighted by Gasteiger charge is -2.25. The van der Waals surface area contributed by atoms with E-state index in [1.807, 2.05) is 12.1 Å². The van der Waals surface area contributed by atoms with Crippen LogP contribution in [-0.4, -0.2) is 11.1 Å². The molecule has 3 aromatic rings. The third-order valence-electron chi connectivity index (χ3n) is 4.53. The Morgan fingerprint density at radius 1 is 1.16 bits per heavy atom. The predicted molar refractivity (Wildman–Crippen MR) is 91.5 cm³/mol. The van der Waals surface area contributed by atoms with Crippen molar-refractivity contribution in [3.8, 4) is 11.3 Å². The van der Waals surface area contributed by atoms with Crippen molar-refractivity contribution in [2.45, 2.75) is 25.3 Å². The maximum absolute atomic E-state index is 13.3. The predicted octanol–water partition coefficient (Wildman–Crippen LogP) is 4.29. The summed E-state index contributed by atoms with van der Waals surface area (Å²) < 4.78 is 18.5. The third kappa shape index (κ3) is 3.18. The number of nitrogens with zero attached hydrogens (tertiary/aromatic N) is 1. The number of hydrogen-bond donors (Lipinski definition) is 1. The Balaban J connectivity index is 1.53. The summed E-state index contributed by atoms with van der Waals surface area (Å²) >= 11 is 0. The molecule has 2 aromatic carbocycles. The third-order valence-corrected chi connectivity index (χ3v) is 4.53. The zero-order valence-corrected chi connectivity index (χ0v) is 13.5. The van der Waals surface area contributed by atoms with Gasteiger partial charge in [0, 0.05) is 11.6 Å². The zero-order chi connectivity index (χ0) is 17.2. The number of amides is 1. The van der Waals surface area contributed by atoms with Gasteiger partial charge in [-0.3, -0.25) is 4.79 Å². The number of carbonyl (C=O) groups excluding carboxylic acids is 1. The summed E-state index contributed by atoms with van der Waals surface area (Å²) in [6, 6.07) is 15.7. The Morgan fingerprint density at radius 3 is 2.92 bits per heavy atom. The Labute approximate surface area is 144 Å². The highest BCUT2D eigenvalue weighted by Crippen LogP contribution is 2.30. The van der Waals surface area contributed by atoms with Gasteiger partial charge in [0.05, 0.1) is 6.04 Å². The molecular formula is C20H17FN2O2. The van der Waals surface area contributed by atoms with Gasteiger partial charge in [0.25, 0.3) is 5.91 Å². The standard InChI is InChI=1S/C20H17FN2O2/c21-15-8-3-7-14(11-15)18-12-19(25-23-18)20(24)22-17-10-4-6-13-5-1-2-9-16(13)17/h1-3,5,7-9,11-12,17H,4,6,10H2,(H,22,24). The molecule has 1 aromatic heterocycles. The zero-order valence-electron chi connectivity index (χ0n) is 13.5. The molecule has 0 saturated heterocycles. The van der Waals surface area contributed by atoms with Crippen molar-refractivity contribution in [2.24, 2.45) is 0 Å². The van der Waals surface area contributed by atoms with Crippen LogP contribution in [0.25, 0.3) is 11.3 Å². The van der Waals surface area contributed by atoms with E-state index in [2.05, 4.69) is 22.6 Å². The van der Waals surface area contributed by atoms with Crippen molar-refractivity contribution in [1.82, 2.24) is 10.5 Å². The van der Waals surface area contributed by atoms with Crippen LogP contribution in [-0.2, 0) is 6.42 Å². The van der Waals surface area contributed by atoms with Crippen LogP contribution in [0.5, 0.6) is 0 Å². The number of fused-ring (bicyclic) bond motifs is 1. The van der Waals surface area contributed by atoms with Crippen LogP contribution in [0.3, 0.4) is 0 Å². The normalized spacial score (nSPS) is 16.3. The first kappa shape index (κ1) is 15.6. The van der Waals surface area contributed by atoms with Crippen LogP contribution in [0.2, 0.25) is 0 Å². The molecule has 0 radical (unpaired) electrons. The van der Waals surface area contributed by atoms with E-state index in [1.165, 1.54) is 17.7 Å². The molecule has 0 aliphatic heterocycles. The monoisotopic (exact) mass is 336 g/mol. The van der Waals surface area contributed by atoms with Crippen molar-refractivity contribution >= 4 is 5.91 Å². The van der Waals surface area contributed by atoms with Crippen molar-refractivity contribution in [3.63, 3.8) is 0 Å². The van der Waals surface area contributed by atoms with Crippen LogP contribution in [0, 0.1) is 5.82 Å². The fourth-order valence-electron chi connectivity index (χ4n) is 3.30. The Hall–Kier alpha value is -2.95. The minimum absolute atomic E-state index is 0.0276. The number of carbonyl (C=O) groups is 1. The fraction of sp³-hybridized carbons (Fsp3) is 0.200. The Morgan fingerprint density at radius 2 is 2.04 bits per heavy atom. The van der Waals surface area contributed by atoms with E-state index in [1.54, 1.807) is 18.2 Å². The van der Waals surface area contributed by atoms with Gasteiger partial charge in [0.15, 0.2) is 0 Å². The topological polar surface area (TPSA) is 55.1 Å². The summed E-state index contributed by atoms with van der Waals surface area (Å²) in [5.74, 6) is -0.538. The molecule has 1 atom stereocenters. The fourth-order valence-corrected chi connectivity index (χ4v) is 3.30. The summed E-state index contributed by atoms with van der Waals surface area (Å²) in [7, 11) is 0. The summed E-state index contributed by atoms with van der Waals surface area (Å²) in [6.45, 7) is 0. The average Bonchev–Trinajstić information content (AvgIpc) is 3.12. The minimum atomic E-state index is -0.356. The largest absolute Gasteiger partial charge is 0.350 e. The van der Waals surface area contributed by atoms with Gasteiger partial charge in [-0.2, -0.15) is 0 Å². The number of aryl methyl sites for hydroxylation is 1. The van der Waals surface area contributed by atoms with Crippen molar-refractivity contribution in [1.29, 1.82) is 0 Å². The second kappa shape index (κ2) is 6.51. The Kier molecular flexibility index (Phi) is 4.06. The van der Waals surface area contributed by atoms with Crippen LogP contribution in [0.4, 0.5) is 4.39 Å². The van der Waals surface area contributed by atoms with E-state index in [9.17, 15) is 9.18 Å². The first-order valence-electron chi connectivity index (χ1n) is 8.32. The molecule has 1 unspecified atom stereocenters. The average molecular weight is 336 g/mol. The van der Waals surface area contributed by atoms with Gasteiger partial charge in [0.1, 0.15) is 11.5 Å². The number of rotatable bonds is 3. The number of halogens is 1. The van der Waals surface area contributed by atoms with E-state index in [4.69, 9.17) is 4.52 Å². The molecule has 1 N–H and O–H groups in total. The summed E-state index contributed by atoms with van der Waals surface area (Å²) in [6.07, 6.45) is 2.97. The van der Waals surface area contributed by atoms with Gasteiger partial charge in [-0.05, 0) is 42.5 Å². The number of nitrogens with one attached hydrogen (secondary N) is 1. The highest BCUT2D eigenvalue weighted by molar-refractivity contribution is 5.92. The van der Waals surface area contributed by atoms with Crippen molar-refractivity contribution in [2.75, 3.05) is 0 Å². The number of aromatic nitrogens is 1. The molecule has 1 amide bonds. The second-order valence-corrected chi connectivity index (χ2v) is 6.20. The molecule has 4 rings (SSSR count). The number of hydrogen-bond acceptors (Lipinski definition) is 3. The van der Waals surface area contributed by atoms with Crippen LogP contribution < -0.4 is 5.32 Å². The molecule has 0 spiro atoms. The first-order chi connectivity index (χ1) is 12.2. The van der Waals surface area contributed by atoms with Crippen molar-refractivity contribution < 1.29 is 13.7 Å². The molecule has 1 aliphatic rings. The van der Waals surface area contributed by atoms with E-state index in [0.717, 1.165) is 24.8 Å². The Bertz CT molecular complexity index is 919. The van der Waals surface area contributed by atoms with Crippen LogP contribution >= 0.6 is 0 Å². The quantitative estimate of drug-likeness (QED) is 0.776. The maximum Gasteiger partial charge on any atom is 0.290 e. The molecule has 0 fully saturated rings. The lowest BCUT2D eigenvalue weighted by Crippen LogP contribution is -2.30. The maximum atomic E-state index is 13.3. The van der Waals surface area contributed by atoms with Gasteiger partial charge >= 0.3 is 0 Å². The van der Waals surface area contributed by atoms with Gasteiger partial charge in [-0.15, -0.1) is 0 Å². The van der Waals surface area contributed by atoms with E-state index >= 15 is 0 Å². The molecule has 1 aliphatic carbocycles. The molecule has 0 saturated carbocycles. The summed E-state index contributed by atoms with van der Waals surface area (Å²) in [5.41, 5.74) is 3.45. The van der Waals surface area contributed by atoms with E-state index in [0.29, 0.717) is 11.3 Å². The molecule has 126 valence electrons. The lowest BCUT2D eigenvalue weighted by atomic mass is 9.88. The van der Waals surface area contributed by atoms with Gasteiger partial charge in [0.2, 0.25) is 5.76 Å². The van der Waals surface area contributed by atoms with Gasteiger partial charge in [-0.25, -0.2) is 4.39 Å². The molecule has 1 heterocycles. The van der Waals surface area contributed by atoms with Gasteiger partial charge < -0.3 is 9.84 Å². The molecule has 4 nitrogen and oxygen atoms in total. The molecular weight excluding hydrogens is 319 g/mol.